The molecule has 1 aliphatic carbocycles. The number of thiophene rings is 1. The Balaban J connectivity index is 1.68. The molecule has 1 aromatic rings. The van der Waals surface area contributed by atoms with Gasteiger partial charge in [-0.1, -0.05) is 18.9 Å². The molecular formula is C15H17NO3S. The SMILES string of the molecule is O=C1O[C@H]2C[C@H]1N(C(=O)C1(c3cccs3)CCCC1)C2. The maximum Gasteiger partial charge on any atom is 0.329 e. The Morgan fingerprint density at radius 1 is 1.40 bits per heavy atom. The molecule has 0 unspecified atom stereocenters. The van der Waals surface area contributed by atoms with Gasteiger partial charge in [0.15, 0.2) is 0 Å². The number of amides is 1. The molecule has 1 aromatic heterocycles. The van der Waals surface area contributed by atoms with Crippen molar-refractivity contribution in [2.24, 2.45) is 0 Å². The van der Waals surface area contributed by atoms with Gasteiger partial charge in [-0.2, -0.15) is 0 Å². The van der Waals surface area contributed by atoms with E-state index in [1.807, 2.05) is 11.4 Å². The maximum atomic E-state index is 13.1. The van der Waals surface area contributed by atoms with E-state index in [1.54, 1.807) is 16.2 Å². The van der Waals surface area contributed by atoms with E-state index in [0.29, 0.717) is 13.0 Å². The van der Waals surface area contributed by atoms with Crippen LogP contribution in [0.4, 0.5) is 0 Å². The first-order chi connectivity index (χ1) is 9.71. The second-order valence-corrected chi connectivity index (χ2v) is 6.98. The summed E-state index contributed by atoms with van der Waals surface area (Å²) >= 11 is 1.66. The van der Waals surface area contributed by atoms with Crippen molar-refractivity contribution in [3.05, 3.63) is 22.4 Å². The molecule has 3 fully saturated rings. The fraction of sp³-hybridized carbons (Fsp3) is 0.600. The fourth-order valence-corrected chi connectivity index (χ4v) is 4.92. The van der Waals surface area contributed by atoms with Gasteiger partial charge < -0.3 is 9.64 Å². The van der Waals surface area contributed by atoms with Crippen molar-refractivity contribution in [3.63, 3.8) is 0 Å². The second-order valence-electron chi connectivity index (χ2n) is 6.03. The van der Waals surface area contributed by atoms with Gasteiger partial charge in [0.25, 0.3) is 0 Å². The summed E-state index contributed by atoms with van der Waals surface area (Å²) in [5.41, 5.74) is -0.376. The van der Waals surface area contributed by atoms with Crippen LogP contribution in [0.1, 0.15) is 37.0 Å². The van der Waals surface area contributed by atoms with E-state index in [4.69, 9.17) is 4.74 Å². The molecule has 4 nitrogen and oxygen atoms in total. The number of fused-ring (bicyclic) bond motifs is 2. The normalized spacial score (nSPS) is 30.8. The van der Waals surface area contributed by atoms with Gasteiger partial charge in [-0.05, 0) is 24.3 Å². The minimum atomic E-state index is -0.376. The summed E-state index contributed by atoms with van der Waals surface area (Å²) < 4.78 is 5.20. The number of rotatable bonds is 2. The third-order valence-electron chi connectivity index (χ3n) is 4.94. The van der Waals surface area contributed by atoms with Crippen LogP contribution in [0.25, 0.3) is 0 Å². The van der Waals surface area contributed by atoms with Crippen LogP contribution in [0.2, 0.25) is 0 Å². The molecule has 106 valence electrons. The average molecular weight is 291 g/mol. The van der Waals surface area contributed by atoms with Crippen molar-refractivity contribution in [2.45, 2.75) is 49.7 Å². The van der Waals surface area contributed by atoms with Crippen LogP contribution in [-0.2, 0) is 19.7 Å². The maximum absolute atomic E-state index is 13.1. The first kappa shape index (κ1) is 12.4. The van der Waals surface area contributed by atoms with Crippen molar-refractivity contribution >= 4 is 23.2 Å². The van der Waals surface area contributed by atoms with Crippen LogP contribution in [0.15, 0.2) is 17.5 Å². The molecule has 1 amide bonds. The number of esters is 1. The largest absolute Gasteiger partial charge is 0.459 e. The molecular weight excluding hydrogens is 274 g/mol. The van der Waals surface area contributed by atoms with Crippen LogP contribution in [0.3, 0.4) is 0 Å². The molecule has 0 spiro atoms. The van der Waals surface area contributed by atoms with Crippen LogP contribution >= 0.6 is 11.3 Å². The van der Waals surface area contributed by atoms with Crippen LogP contribution in [0.5, 0.6) is 0 Å². The number of likely N-dealkylation sites (tertiary alicyclic amines) is 1. The van der Waals surface area contributed by atoms with Gasteiger partial charge in [-0.3, -0.25) is 4.79 Å². The fourth-order valence-electron chi connectivity index (χ4n) is 3.94. The lowest BCUT2D eigenvalue weighted by Crippen LogP contribution is -2.51. The third-order valence-corrected chi connectivity index (χ3v) is 6.01. The molecule has 2 saturated heterocycles. The summed E-state index contributed by atoms with van der Waals surface area (Å²) in [6.45, 7) is 0.586. The van der Waals surface area contributed by atoms with Crippen molar-refractivity contribution in [1.82, 2.24) is 4.90 Å². The van der Waals surface area contributed by atoms with Gasteiger partial charge in [-0.15, -0.1) is 11.3 Å². The molecule has 3 heterocycles. The van der Waals surface area contributed by atoms with E-state index < -0.39 is 0 Å². The van der Waals surface area contributed by atoms with Crippen LogP contribution < -0.4 is 0 Å². The van der Waals surface area contributed by atoms with Gasteiger partial charge in [0.2, 0.25) is 5.91 Å². The molecule has 3 aliphatic rings. The predicted octanol–water partition coefficient (Wildman–Crippen LogP) is 2.09. The standard InChI is InChI=1S/C15H17NO3S/c17-13-11-8-10(19-13)9-16(11)14(18)15(5-1-2-6-15)12-4-3-7-20-12/h3-4,7,10-11H,1-2,5-6,8-9H2/t10-,11+/m0/s1. The van der Waals surface area contributed by atoms with E-state index in [9.17, 15) is 9.59 Å². The number of ether oxygens (including phenoxy) is 1. The summed E-state index contributed by atoms with van der Waals surface area (Å²) in [5.74, 6) is -0.0597. The number of carbonyl (C=O) groups is 2. The highest BCUT2D eigenvalue weighted by Crippen LogP contribution is 2.46. The molecule has 2 bridgehead atoms. The zero-order valence-electron chi connectivity index (χ0n) is 11.2. The summed E-state index contributed by atoms with van der Waals surface area (Å²) in [7, 11) is 0. The first-order valence-corrected chi connectivity index (χ1v) is 8.14. The van der Waals surface area contributed by atoms with Crippen molar-refractivity contribution in [1.29, 1.82) is 0 Å². The van der Waals surface area contributed by atoms with E-state index >= 15 is 0 Å². The van der Waals surface area contributed by atoms with Gasteiger partial charge in [0.05, 0.1) is 12.0 Å². The lowest BCUT2D eigenvalue weighted by atomic mass is 9.82. The van der Waals surface area contributed by atoms with E-state index in [0.717, 1.165) is 30.6 Å². The second kappa shape index (κ2) is 4.32. The first-order valence-electron chi connectivity index (χ1n) is 7.26. The van der Waals surface area contributed by atoms with E-state index in [-0.39, 0.29) is 29.4 Å². The Labute approximate surface area is 121 Å². The summed E-state index contributed by atoms with van der Waals surface area (Å²) in [6, 6.07) is 3.75. The molecule has 1 saturated carbocycles. The van der Waals surface area contributed by atoms with Crippen molar-refractivity contribution < 1.29 is 14.3 Å². The van der Waals surface area contributed by atoms with Crippen molar-refractivity contribution in [2.75, 3.05) is 6.54 Å². The van der Waals surface area contributed by atoms with Crippen molar-refractivity contribution in [3.8, 4) is 0 Å². The lowest BCUT2D eigenvalue weighted by molar-refractivity contribution is -0.159. The molecule has 5 heteroatoms. The Bertz CT molecular complexity index is 547. The zero-order valence-corrected chi connectivity index (χ0v) is 12.0. The van der Waals surface area contributed by atoms with Crippen LogP contribution in [-0.4, -0.2) is 35.5 Å². The summed E-state index contributed by atoms with van der Waals surface area (Å²) in [5, 5.41) is 2.03. The quantitative estimate of drug-likeness (QED) is 0.784. The molecule has 20 heavy (non-hydrogen) atoms. The van der Waals surface area contributed by atoms with Gasteiger partial charge in [0, 0.05) is 11.3 Å². The highest BCUT2D eigenvalue weighted by molar-refractivity contribution is 7.10. The number of hydrogen-bond donors (Lipinski definition) is 0. The van der Waals surface area contributed by atoms with Gasteiger partial charge in [-0.25, -0.2) is 4.79 Å². The molecule has 2 atom stereocenters. The monoisotopic (exact) mass is 291 g/mol. The number of hydrogen-bond acceptors (Lipinski definition) is 4. The van der Waals surface area contributed by atoms with Gasteiger partial charge >= 0.3 is 5.97 Å². The summed E-state index contributed by atoms with van der Waals surface area (Å²) in [4.78, 5) is 27.8. The highest BCUT2D eigenvalue weighted by atomic mass is 32.1. The van der Waals surface area contributed by atoms with E-state index in [2.05, 4.69) is 6.07 Å². The molecule has 0 aromatic carbocycles. The average Bonchev–Trinajstić information content (AvgIpc) is 3.20. The Morgan fingerprint density at radius 2 is 2.20 bits per heavy atom. The molecule has 0 radical (unpaired) electrons. The Kier molecular flexibility index (Phi) is 2.67. The number of nitrogens with zero attached hydrogens (tertiary/aromatic N) is 1. The molecule has 0 N–H and O–H groups in total. The Hall–Kier alpha value is -1.36. The number of carbonyl (C=O) groups excluding carboxylic acids is 2. The summed E-state index contributed by atoms with van der Waals surface area (Å²) in [6.07, 6.45) is 4.63. The van der Waals surface area contributed by atoms with E-state index in [1.165, 1.54) is 0 Å². The third kappa shape index (κ3) is 1.59. The zero-order chi connectivity index (χ0) is 13.7. The number of morpholine rings is 1. The lowest BCUT2D eigenvalue weighted by Gasteiger charge is -2.35. The Morgan fingerprint density at radius 3 is 2.80 bits per heavy atom. The van der Waals surface area contributed by atoms with Gasteiger partial charge in [0.1, 0.15) is 12.1 Å². The minimum Gasteiger partial charge on any atom is -0.459 e. The molecule has 4 rings (SSSR count). The topological polar surface area (TPSA) is 46.6 Å². The predicted molar refractivity (Wildman–Crippen MR) is 74.5 cm³/mol. The highest BCUT2D eigenvalue weighted by Gasteiger charge is 2.54. The van der Waals surface area contributed by atoms with Crippen LogP contribution in [0, 0.1) is 0 Å². The molecule has 2 aliphatic heterocycles. The minimum absolute atomic E-state index is 0.0711. The smallest absolute Gasteiger partial charge is 0.329 e.